The summed E-state index contributed by atoms with van der Waals surface area (Å²) in [5, 5.41) is 1.76. The molecule has 0 aliphatic rings. The molecule has 1 aromatic heterocycles. The van der Waals surface area contributed by atoms with Crippen LogP contribution in [0, 0.1) is 5.92 Å². The third-order valence-electron chi connectivity index (χ3n) is 2.95. The van der Waals surface area contributed by atoms with Gasteiger partial charge in [-0.1, -0.05) is 26.7 Å². The molecule has 0 radical (unpaired) electrons. The minimum atomic E-state index is -3.43. The van der Waals surface area contributed by atoms with Crippen molar-refractivity contribution < 1.29 is 8.42 Å². The Labute approximate surface area is 120 Å². The molecular weight excluding hydrogens is 280 g/mol. The van der Waals surface area contributed by atoms with Gasteiger partial charge in [0, 0.05) is 17.5 Å². The Balaban J connectivity index is 2.60. The summed E-state index contributed by atoms with van der Waals surface area (Å²) in [4.78, 5) is 1.04. The van der Waals surface area contributed by atoms with E-state index in [4.69, 9.17) is 5.73 Å². The van der Waals surface area contributed by atoms with Crippen LogP contribution in [0.15, 0.2) is 16.3 Å². The predicted molar refractivity (Wildman–Crippen MR) is 80.7 cm³/mol. The van der Waals surface area contributed by atoms with E-state index < -0.39 is 10.0 Å². The molecular formula is C13H24N2O2S2. The Morgan fingerprint density at radius 3 is 2.58 bits per heavy atom. The average molecular weight is 304 g/mol. The van der Waals surface area contributed by atoms with Gasteiger partial charge in [0.05, 0.1) is 4.90 Å². The first-order valence-electron chi connectivity index (χ1n) is 6.65. The molecule has 0 saturated heterocycles. The second-order valence-corrected chi connectivity index (χ2v) is 7.94. The quantitative estimate of drug-likeness (QED) is 0.775. The zero-order valence-corrected chi connectivity index (χ0v) is 13.5. The summed E-state index contributed by atoms with van der Waals surface area (Å²) < 4.78 is 27.2. The summed E-state index contributed by atoms with van der Waals surface area (Å²) in [6.07, 6.45) is 3.02. The molecule has 0 aliphatic heterocycles. The van der Waals surface area contributed by atoms with Gasteiger partial charge in [-0.3, -0.25) is 0 Å². The number of nitrogens with one attached hydrogen (secondary N) is 1. The van der Waals surface area contributed by atoms with Crippen molar-refractivity contribution in [3.8, 4) is 0 Å². The topological polar surface area (TPSA) is 72.2 Å². The number of hydrogen-bond acceptors (Lipinski definition) is 4. The first kappa shape index (κ1) is 16.6. The second kappa shape index (κ2) is 7.38. The van der Waals surface area contributed by atoms with Crippen LogP contribution in [0.4, 0.5) is 0 Å². The summed E-state index contributed by atoms with van der Waals surface area (Å²) in [6.45, 7) is 6.52. The van der Waals surface area contributed by atoms with E-state index in [1.54, 1.807) is 11.4 Å². The van der Waals surface area contributed by atoms with Gasteiger partial charge in [0.15, 0.2) is 0 Å². The fourth-order valence-corrected chi connectivity index (χ4v) is 4.55. The Hall–Kier alpha value is -0.430. The van der Waals surface area contributed by atoms with Crippen LogP contribution >= 0.6 is 11.3 Å². The Morgan fingerprint density at radius 1 is 1.32 bits per heavy atom. The van der Waals surface area contributed by atoms with Crippen molar-refractivity contribution in [1.82, 2.24) is 4.72 Å². The first-order valence-corrected chi connectivity index (χ1v) is 9.02. The molecule has 0 spiro atoms. The molecule has 0 aromatic carbocycles. The summed E-state index contributed by atoms with van der Waals surface area (Å²) in [7, 11) is -3.43. The molecule has 1 atom stereocenters. The van der Waals surface area contributed by atoms with Crippen molar-refractivity contribution in [3.05, 3.63) is 16.3 Å². The third kappa shape index (κ3) is 5.22. The maximum atomic E-state index is 12.2. The lowest BCUT2D eigenvalue weighted by Crippen LogP contribution is -2.33. The zero-order chi connectivity index (χ0) is 14.5. The number of rotatable bonds is 8. The van der Waals surface area contributed by atoms with E-state index in [0.29, 0.717) is 15.7 Å². The highest BCUT2D eigenvalue weighted by Gasteiger charge is 2.21. The molecule has 1 unspecified atom stereocenters. The third-order valence-corrected chi connectivity index (χ3v) is 5.70. The van der Waals surface area contributed by atoms with Crippen molar-refractivity contribution >= 4 is 21.4 Å². The van der Waals surface area contributed by atoms with Gasteiger partial charge < -0.3 is 5.73 Å². The molecule has 0 amide bonds. The Kier molecular flexibility index (Phi) is 6.46. The van der Waals surface area contributed by atoms with Gasteiger partial charge in [0.1, 0.15) is 0 Å². The van der Waals surface area contributed by atoms with Crippen LogP contribution in [-0.2, 0) is 16.6 Å². The normalized spacial score (nSPS) is 13.9. The molecule has 1 aromatic rings. The fraction of sp³-hybridized carbons (Fsp3) is 0.692. The van der Waals surface area contributed by atoms with Crippen LogP contribution in [0.3, 0.4) is 0 Å². The highest BCUT2D eigenvalue weighted by atomic mass is 32.2. The van der Waals surface area contributed by atoms with Crippen LogP contribution in [0.2, 0.25) is 0 Å². The molecule has 0 saturated carbocycles. The van der Waals surface area contributed by atoms with Gasteiger partial charge >= 0.3 is 0 Å². The second-order valence-electron chi connectivity index (χ2n) is 5.26. The molecule has 6 heteroatoms. The highest BCUT2D eigenvalue weighted by molar-refractivity contribution is 7.89. The maximum absolute atomic E-state index is 12.2. The highest BCUT2D eigenvalue weighted by Crippen LogP contribution is 2.21. The van der Waals surface area contributed by atoms with Crippen LogP contribution in [0.1, 0.15) is 44.9 Å². The number of thiophene rings is 1. The van der Waals surface area contributed by atoms with Crippen molar-refractivity contribution in [2.75, 3.05) is 0 Å². The smallest absolute Gasteiger partial charge is 0.241 e. The Bertz CT molecular complexity index is 481. The van der Waals surface area contributed by atoms with Crippen LogP contribution < -0.4 is 10.5 Å². The van der Waals surface area contributed by atoms with E-state index in [1.807, 2.05) is 6.92 Å². The van der Waals surface area contributed by atoms with Crippen molar-refractivity contribution in [2.45, 2.75) is 57.5 Å². The van der Waals surface area contributed by atoms with E-state index >= 15 is 0 Å². The van der Waals surface area contributed by atoms with Gasteiger partial charge in [-0.25, -0.2) is 13.1 Å². The molecule has 0 aliphatic carbocycles. The molecule has 4 nitrogen and oxygen atoms in total. The van der Waals surface area contributed by atoms with Gasteiger partial charge in [-0.05, 0) is 30.7 Å². The van der Waals surface area contributed by atoms with E-state index in [2.05, 4.69) is 18.6 Å². The van der Waals surface area contributed by atoms with Crippen molar-refractivity contribution in [1.29, 1.82) is 0 Å². The lowest BCUT2D eigenvalue weighted by atomic mass is 10.0. The van der Waals surface area contributed by atoms with Crippen LogP contribution in [0.25, 0.3) is 0 Å². The van der Waals surface area contributed by atoms with Crippen LogP contribution in [-0.4, -0.2) is 14.5 Å². The maximum Gasteiger partial charge on any atom is 0.241 e. The summed E-state index contributed by atoms with van der Waals surface area (Å²) in [5.41, 5.74) is 5.55. The minimum absolute atomic E-state index is 0.0470. The lowest BCUT2D eigenvalue weighted by molar-refractivity contribution is 0.488. The first-order chi connectivity index (χ1) is 8.86. The minimum Gasteiger partial charge on any atom is -0.326 e. The standard InChI is InChI=1S/C13H24N2O2S2/c1-10(2)5-4-6-11(3)15-19(16,17)13-7-8-18-12(13)9-14/h7-8,10-11,15H,4-6,9,14H2,1-3H3. The largest absolute Gasteiger partial charge is 0.326 e. The monoisotopic (exact) mass is 304 g/mol. The summed E-state index contributed by atoms with van der Waals surface area (Å²) >= 11 is 1.38. The van der Waals surface area contributed by atoms with E-state index in [1.165, 1.54) is 11.3 Å². The molecule has 1 heterocycles. The number of nitrogens with two attached hydrogens (primary N) is 1. The molecule has 1 rings (SSSR count). The summed E-state index contributed by atoms with van der Waals surface area (Å²) in [5.74, 6) is 0.657. The zero-order valence-electron chi connectivity index (χ0n) is 11.8. The fourth-order valence-electron chi connectivity index (χ4n) is 1.94. The van der Waals surface area contributed by atoms with Crippen molar-refractivity contribution in [2.24, 2.45) is 11.7 Å². The predicted octanol–water partition coefficient (Wildman–Crippen LogP) is 2.70. The van der Waals surface area contributed by atoms with Crippen LogP contribution in [0.5, 0.6) is 0 Å². The Morgan fingerprint density at radius 2 is 2.00 bits per heavy atom. The van der Waals surface area contributed by atoms with Gasteiger partial charge in [-0.2, -0.15) is 0 Å². The molecule has 19 heavy (non-hydrogen) atoms. The van der Waals surface area contributed by atoms with Gasteiger partial charge in [-0.15, -0.1) is 11.3 Å². The average Bonchev–Trinajstić information content (AvgIpc) is 2.76. The van der Waals surface area contributed by atoms with Crippen molar-refractivity contribution in [3.63, 3.8) is 0 Å². The number of hydrogen-bond donors (Lipinski definition) is 2. The summed E-state index contributed by atoms with van der Waals surface area (Å²) in [6, 6.07) is 1.57. The lowest BCUT2D eigenvalue weighted by Gasteiger charge is -2.15. The molecule has 0 bridgehead atoms. The van der Waals surface area contributed by atoms with E-state index in [0.717, 1.165) is 19.3 Å². The van der Waals surface area contributed by atoms with Gasteiger partial charge in [0.2, 0.25) is 10.0 Å². The SMILES string of the molecule is CC(C)CCCC(C)NS(=O)(=O)c1ccsc1CN. The number of sulfonamides is 1. The van der Waals surface area contributed by atoms with E-state index in [9.17, 15) is 8.42 Å². The van der Waals surface area contributed by atoms with Gasteiger partial charge in [0.25, 0.3) is 0 Å². The van der Waals surface area contributed by atoms with E-state index in [-0.39, 0.29) is 12.6 Å². The molecule has 0 fully saturated rings. The molecule has 110 valence electrons. The molecule has 3 N–H and O–H groups in total.